The van der Waals surface area contributed by atoms with Gasteiger partial charge in [0.2, 0.25) is 0 Å². The minimum absolute atomic E-state index is 0.0472. The van der Waals surface area contributed by atoms with Crippen molar-refractivity contribution in [2.75, 3.05) is 19.6 Å². The minimum Gasteiger partial charge on any atom is -0.392 e. The van der Waals surface area contributed by atoms with Gasteiger partial charge in [-0.2, -0.15) is 0 Å². The largest absolute Gasteiger partial charge is 0.392 e. The van der Waals surface area contributed by atoms with Gasteiger partial charge in [0.15, 0.2) is 0 Å². The maximum Gasteiger partial charge on any atom is 0.0679 e. The predicted octanol–water partition coefficient (Wildman–Crippen LogP) is 1.63. The molecule has 76 valence electrons. The summed E-state index contributed by atoms with van der Waals surface area (Å²) in [5, 5.41) is 9.42. The first-order valence-corrected chi connectivity index (χ1v) is 5.64. The zero-order valence-corrected chi connectivity index (χ0v) is 8.63. The van der Waals surface area contributed by atoms with Gasteiger partial charge in [-0.1, -0.05) is 13.3 Å². The van der Waals surface area contributed by atoms with Crippen molar-refractivity contribution in [2.45, 2.75) is 45.1 Å². The van der Waals surface area contributed by atoms with E-state index in [0.717, 1.165) is 19.5 Å². The van der Waals surface area contributed by atoms with Crippen LogP contribution in [0, 0.1) is 5.41 Å². The van der Waals surface area contributed by atoms with Gasteiger partial charge in [0.05, 0.1) is 6.10 Å². The average molecular weight is 183 g/mol. The van der Waals surface area contributed by atoms with E-state index in [-0.39, 0.29) is 6.10 Å². The fourth-order valence-corrected chi connectivity index (χ4v) is 2.73. The van der Waals surface area contributed by atoms with Crippen LogP contribution in [0.4, 0.5) is 0 Å². The van der Waals surface area contributed by atoms with Crippen LogP contribution in [0.2, 0.25) is 0 Å². The van der Waals surface area contributed by atoms with Crippen LogP contribution >= 0.6 is 0 Å². The van der Waals surface area contributed by atoms with Crippen LogP contribution in [-0.2, 0) is 0 Å². The molecule has 1 saturated carbocycles. The van der Waals surface area contributed by atoms with Crippen molar-refractivity contribution in [3.63, 3.8) is 0 Å². The van der Waals surface area contributed by atoms with E-state index in [1.807, 2.05) is 0 Å². The number of likely N-dealkylation sites (tertiary alicyclic amines) is 1. The van der Waals surface area contributed by atoms with Crippen LogP contribution in [0.15, 0.2) is 0 Å². The molecule has 1 N–H and O–H groups in total. The Morgan fingerprint density at radius 2 is 2.23 bits per heavy atom. The van der Waals surface area contributed by atoms with Crippen molar-refractivity contribution in [3.05, 3.63) is 0 Å². The van der Waals surface area contributed by atoms with Crippen LogP contribution in [0.3, 0.4) is 0 Å². The number of hydrogen-bond donors (Lipinski definition) is 1. The molecule has 0 spiro atoms. The molecule has 2 heteroatoms. The summed E-state index contributed by atoms with van der Waals surface area (Å²) >= 11 is 0. The van der Waals surface area contributed by atoms with E-state index in [9.17, 15) is 5.11 Å². The van der Waals surface area contributed by atoms with Gasteiger partial charge in [0.1, 0.15) is 0 Å². The molecule has 0 amide bonds. The highest BCUT2D eigenvalue weighted by Crippen LogP contribution is 2.44. The van der Waals surface area contributed by atoms with Crippen LogP contribution in [0.1, 0.15) is 39.0 Å². The molecule has 2 aliphatic rings. The van der Waals surface area contributed by atoms with Gasteiger partial charge in [0.25, 0.3) is 0 Å². The quantitative estimate of drug-likeness (QED) is 0.719. The lowest BCUT2D eigenvalue weighted by Gasteiger charge is -2.44. The molecule has 0 aromatic rings. The topological polar surface area (TPSA) is 23.5 Å². The summed E-state index contributed by atoms with van der Waals surface area (Å²) in [5.41, 5.74) is 0.629. The van der Waals surface area contributed by atoms with Gasteiger partial charge < -0.3 is 10.0 Å². The van der Waals surface area contributed by atoms with Gasteiger partial charge in [-0.15, -0.1) is 0 Å². The van der Waals surface area contributed by atoms with Crippen molar-refractivity contribution in [2.24, 2.45) is 5.41 Å². The molecule has 1 saturated heterocycles. The summed E-state index contributed by atoms with van der Waals surface area (Å²) in [4.78, 5) is 2.45. The lowest BCUT2D eigenvalue weighted by molar-refractivity contribution is 0.0660. The number of rotatable bonds is 3. The van der Waals surface area contributed by atoms with E-state index in [2.05, 4.69) is 11.8 Å². The number of nitrogens with zero attached hydrogens (tertiary/aromatic N) is 1. The van der Waals surface area contributed by atoms with Gasteiger partial charge in [-0.3, -0.25) is 0 Å². The Morgan fingerprint density at radius 1 is 1.46 bits per heavy atom. The lowest BCUT2D eigenvalue weighted by Crippen LogP contribution is -2.41. The predicted molar refractivity (Wildman–Crippen MR) is 53.6 cm³/mol. The fraction of sp³-hybridized carbons (Fsp3) is 1.00. The SMILES string of the molecule is CCC1(CN2CC[C@@H](O)C2)CCC1. The molecule has 2 fully saturated rings. The second-order valence-corrected chi connectivity index (χ2v) is 4.88. The Balaban J connectivity index is 1.83. The first-order valence-electron chi connectivity index (χ1n) is 5.64. The Kier molecular flexibility index (Phi) is 2.61. The Bertz CT molecular complexity index is 171. The highest BCUT2D eigenvalue weighted by Gasteiger charge is 2.37. The third-order valence-corrected chi connectivity index (χ3v) is 3.97. The number of hydrogen-bond acceptors (Lipinski definition) is 2. The molecule has 13 heavy (non-hydrogen) atoms. The molecule has 1 aliphatic heterocycles. The zero-order valence-electron chi connectivity index (χ0n) is 8.63. The summed E-state index contributed by atoms with van der Waals surface area (Å²) in [6.07, 6.45) is 6.50. The Hall–Kier alpha value is -0.0800. The van der Waals surface area contributed by atoms with Crippen molar-refractivity contribution in [1.29, 1.82) is 0 Å². The first kappa shape index (κ1) is 9.47. The molecule has 2 nitrogen and oxygen atoms in total. The second-order valence-electron chi connectivity index (χ2n) is 4.88. The van der Waals surface area contributed by atoms with Crippen molar-refractivity contribution in [1.82, 2.24) is 4.90 Å². The van der Waals surface area contributed by atoms with E-state index in [4.69, 9.17) is 0 Å². The number of aliphatic hydroxyl groups excluding tert-OH is 1. The Morgan fingerprint density at radius 3 is 2.62 bits per heavy atom. The highest BCUT2D eigenvalue weighted by atomic mass is 16.3. The van der Waals surface area contributed by atoms with Crippen molar-refractivity contribution in [3.8, 4) is 0 Å². The molecule has 2 rings (SSSR count). The average Bonchev–Trinajstić information content (AvgIpc) is 2.44. The third kappa shape index (κ3) is 1.89. The van der Waals surface area contributed by atoms with Gasteiger partial charge in [-0.25, -0.2) is 0 Å². The summed E-state index contributed by atoms with van der Waals surface area (Å²) in [6, 6.07) is 0. The zero-order chi connectivity index (χ0) is 9.31. The number of β-amino-alcohol motifs (C(OH)–C–C–N with tert-alkyl or cyclic N) is 1. The minimum atomic E-state index is -0.0472. The molecular formula is C11H21NO. The molecule has 1 heterocycles. The van der Waals surface area contributed by atoms with E-state index in [1.165, 1.54) is 32.2 Å². The molecular weight excluding hydrogens is 162 g/mol. The normalized spacial score (nSPS) is 33.2. The van der Waals surface area contributed by atoms with E-state index in [0.29, 0.717) is 5.41 Å². The maximum absolute atomic E-state index is 9.42. The lowest BCUT2D eigenvalue weighted by atomic mass is 9.67. The van der Waals surface area contributed by atoms with Crippen LogP contribution in [0.5, 0.6) is 0 Å². The monoisotopic (exact) mass is 183 g/mol. The molecule has 1 atom stereocenters. The van der Waals surface area contributed by atoms with Crippen LogP contribution < -0.4 is 0 Å². The second kappa shape index (κ2) is 3.58. The third-order valence-electron chi connectivity index (χ3n) is 3.97. The van der Waals surface area contributed by atoms with Crippen molar-refractivity contribution < 1.29 is 5.11 Å². The molecule has 0 aromatic carbocycles. The van der Waals surface area contributed by atoms with Crippen molar-refractivity contribution >= 4 is 0 Å². The summed E-state index contributed by atoms with van der Waals surface area (Å²) in [6.45, 7) is 5.58. The molecule has 1 aliphatic carbocycles. The molecule has 0 aromatic heterocycles. The smallest absolute Gasteiger partial charge is 0.0679 e. The molecule has 0 radical (unpaired) electrons. The van der Waals surface area contributed by atoms with E-state index in [1.54, 1.807) is 0 Å². The van der Waals surface area contributed by atoms with Gasteiger partial charge >= 0.3 is 0 Å². The number of aliphatic hydroxyl groups is 1. The van der Waals surface area contributed by atoms with E-state index >= 15 is 0 Å². The standard InChI is InChI=1S/C11H21NO/c1-2-11(5-3-6-11)9-12-7-4-10(13)8-12/h10,13H,2-9H2,1H3/t10-/m1/s1. The summed E-state index contributed by atoms with van der Waals surface area (Å²) in [5.74, 6) is 0. The van der Waals surface area contributed by atoms with E-state index < -0.39 is 0 Å². The van der Waals surface area contributed by atoms with Gasteiger partial charge in [-0.05, 0) is 31.1 Å². The van der Waals surface area contributed by atoms with Crippen LogP contribution in [-0.4, -0.2) is 35.7 Å². The molecule has 0 bridgehead atoms. The fourth-order valence-electron chi connectivity index (χ4n) is 2.73. The summed E-state index contributed by atoms with van der Waals surface area (Å²) in [7, 11) is 0. The Labute approximate surface area is 80.9 Å². The first-order chi connectivity index (χ1) is 6.24. The summed E-state index contributed by atoms with van der Waals surface area (Å²) < 4.78 is 0. The maximum atomic E-state index is 9.42. The highest BCUT2D eigenvalue weighted by molar-refractivity contribution is 4.91. The van der Waals surface area contributed by atoms with Gasteiger partial charge in [0, 0.05) is 19.6 Å². The molecule has 0 unspecified atom stereocenters. The van der Waals surface area contributed by atoms with Crippen LogP contribution in [0.25, 0.3) is 0 Å².